The average molecular weight is 282 g/mol. The molecular formula is C14H10N4OS. The van der Waals surface area contributed by atoms with E-state index in [9.17, 15) is 0 Å². The van der Waals surface area contributed by atoms with Gasteiger partial charge < -0.3 is 4.74 Å². The van der Waals surface area contributed by atoms with Gasteiger partial charge in [0.2, 0.25) is 0 Å². The molecule has 5 nitrogen and oxygen atoms in total. The number of hydrogen-bond acceptors (Lipinski definition) is 4. The highest BCUT2D eigenvalue weighted by atomic mass is 32.1. The second kappa shape index (κ2) is 5.21. The number of rotatable bonds is 3. The van der Waals surface area contributed by atoms with E-state index in [0.29, 0.717) is 5.69 Å². The van der Waals surface area contributed by atoms with Crippen molar-refractivity contribution < 1.29 is 4.74 Å². The predicted octanol–water partition coefficient (Wildman–Crippen LogP) is 4.91. The lowest BCUT2D eigenvalue weighted by atomic mass is 10.2. The van der Waals surface area contributed by atoms with Crippen LogP contribution >= 0.6 is 11.3 Å². The summed E-state index contributed by atoms with van der Waals surface area (Å²) in [5.74, 6) is 0.802. The quantitative estimate of drug-likeness (QED) is 0.389. The molecule has 0 bridgehead atoms. The number of nitrogens with zero attached hydrogens (tertiary/aromatic N) is 4. The van der Waals surface area contributed by atoms with Crippen molar-refractivity contribution in [3.63, 3.8) is 0 Å². The van der Waals surface area contributed by atoms with Gasteiger partial charge in [-0.25, -0.2) is 4.98 Å². The Balaban J connectivity index is 2.17. The molecule has 6 heteroatoms. The molecule has 1 aromatic heterocycles. The summed E-state index contributed by atoms with van der Waals surface area (Å²) in [6, 6.07) is 13.2. The van der Waals surface area contributed by atoms with E-state index in [2.05, 4.69) is 15.0 Å². The smallest absolute Gasteiger partial charge is 0.125 e. The minimum absolute atomic E-state index is 0.584. The van der Waals surface area contributed by atoms with Crippen LogP contribution in [0.5, 0.6) is 5.75 Å². The maximum atomic E-state index is 8.62. The van der Waals surface area contributed by atoms with Gasteiger partial charge in [-0.3, -0.25) is 0 Å². The predicted molar refractivity (Wildman–Crippen MR) is 80.4 cm³/mol. The number of aromatic nitrogens is 1. The first-order valence-corrected chi connectivity index (χ1v) is 6.72. The van der Waals surface area contributed by atoms with Gasteiger partial charge in [0.15, 0.2) is 0 Å². The van der Waals surface area contributed by atoms with Gasteiger partial charge in [0.05, 0.1) is 17.3 Å². The molecule has 0 aliphatic rings. The van der Waals surface area contributed by atoms with E-state index < -0.39 is 0 Å². The number of thiazole rings is 1. The van der Waals surface area contributed by atoms with E-state index in [1.807, 2.05) is 36.4 Å². The fourth-order valence-electron chi connectivity index (χ4n) is 1.94. The molecule has 98 valence electrons. The van der Waals surface area contributed by atoms with Crippen molar-refractivity contribution in [2.24, 2.45) is 5.11 Å². The van der Waals surface area contributed by atoms with Crippen molar-refractivity contribution in [1.29, 1.82) is 0 Å². The van der Waals surface area contributed by atoms with Crippen LogP contribution in [0.1, 0.15) is 0 Å². The zero-order valence-corrected chi connectivity index (χ0v) is 11.5. The second-order valence-corrected chi connectivity index (χ2v) is 5.09. The van der Waals surface area contributed by atoms with Crippen LogP contribution in [-0.2, 0) is 0 Å². The van der Waals surface area contributed by atoms with Crippen molar-refractivity contribution in [2.45, 2.75) is 0 Å². The van der Waals surface area contributed by atoms with E-state index in [4.69, 9.17) is 10.3 Å². The second-order valence-electron chi connectivity index (χ2n) is 4.06. The maximum absolute atomic E-state index is 8.62. The van der Waals surface area contributed by atoms with Crippen molar-refractivity contribution in [1.82, 2.24) is 4.98 Å². The lowest BCUT2D eigenvalue weighted by molar-refractivity contribution is 0.415. The largest absolute Gasteiger partial charge is 0.497 e. The minimum atomic E-state index is 0.584. The number of ether oxygens (including phenoxy) is 1. The van der Waals surface area contributed by atoms with Crippen molar-refractivity contribution in [2.75, 3.05) is 7.11 Å². The summed E-state index contributed by atoms with van der Waals surface area (Å²) in [4.78, 5) is 7.44. The fraction of sp³-hybridized carbons (Fsp3) is 0.0714. The van der Waals surface area contributed by atoms with Gasteiger partial charge in [-0.2, -0.15) is 0 Å². The van der Waals surface area contributed by atoms with E-state index in [-0.39, 0.29) is 0 Å². The van der Waals surface area contributed by atoms with Gasteiger partial charge in [0, 0.05) is 16.2 Å². The van der Waals surface area contributed by atoms with Gasteiger partial charge in [0.1, 0.15) is 10.8 Å². The Hall–Kier alpha value is -2.56. The Bertz CT molecular complexity index is 821. The summed E-state index contributed by atoms with van der Waals surface area (Å²) in [5.41, 5.74) is 11.0. The van der Waals surface area contributed by atoms with E-state index in [1.165, 1.54) is 0 Å². The molecule has 0 aliphatic carbocycles. The fourth-order valence-corrected chi connectivity index (χ4v) is 2.97. The number of fused-ring (bicyclic) bond motifs is 1. The highest BCUT2D eigenvalue weighted by Crippen LogP contribution is 2.36. The standard InChI is InChI=1S/C14H10N4OS/c1-19-9-6-7-12-13(8-9)20-14(16-12)10-4-2-3-5-11(10)17-18-15/h2-8H,1H3. The van der Waals surface area contributed by atoms with Gasteiger partial charge in [-0.05, 0) is 23.7 Å². The summed E-state index contributed by atoms with van der Waals surface area (Å²) in [6.07, 6.45) is 0. The highest BCUT2D eigenvalue weighted by molar-refractivity contribution is 7.21. The van der Waals surface area contributed by atoms with Crippen LogP contribution in [-0.4, -0.2) is 12.1 Å². The first-order chi connectivity index (χ1) is 9.81. The van der Waals surface area contributed by atoms with E-state index in [0.717, 1.165) is 26.5 Å². The lowest BCUT2D eigenvalue weighted by Gasteiger charge is -1.99. The minimum Gasteiger partial charge on any atom is -0.497 e. The number of azide groups is 1. The molecule has 0 fully saturated rings. The van der Waals surface area contributed by atoms with Gasteiger partial charge in [-0.15, -0.1) is 11.3 Å². The Morgan fingerprint density at radius 1 is 1.25 bits per heavy atom. The molecule has 2 aromatic carbocycles. The summed E-state index contributed by atoms with van der Waals surface area (Å²) in [6.45, 7) is 0. The summed E-state index contributed by atoms with van der Waals surface area (Å²) < 4.78 is 6.25. The summed E-state index contributed by atoms with van der Waals surface area (Å²) >= 11 is 1.55. The molecule has 1 heterocycles. The first kappa shape index (κ1) is 12.5. The van der Waals surface area contributed by atoms with Gasteiger partial charge >= 0.3 is 0 Å². The van der Waals surface area contributed by atoms with Crippen LogP contribution in [0, 0.1) is 0 Å². The Morgan fingerprint density at radius 2 is 2.10 bits per heavy atom. The van der Waals surface area contributed by atoms with Crippen LogP contribution < -0.4 is 4.74 Å². The van der Waals surface area contributed by atoms with E-state index in [1.54, 1.807) is 24.5 Å². The van der Waals surface area contributed by atoms with Crippen molar-refractivity contribution in [3.05, 3.63) is 52.9 Å². The molecule has 0 atom stereocenters. The number of benzene rings is 2. The van der Waals surface area contributed by atoms with Crippen molar-refractivity contribution >= 4 is 27.2 Å². The third kappa shape index (κ3) is 2.18. The Labute approximate surface area is 119 Å². The molecule has 0 saturated carbocycles. The molecule has 0 amide bonds. The topological polar surface area (TPSA) is 70.9 Å². The first-order valence-electron chi connectivity index (χ1n) is 5.91. The zero-order chi connectivity index (χ0) is 13.9. The Kier molecular flexibility index (Phi) is 3.25. The molecule has 20 heavy (non-hydrogen) atoms. The molecule has 3 aromatic rings. The Morgan fingerprint density at radius 3 is 2.90 bits per heavy atom. The summed E-state index contributed by atoms with van der Waals surface area (Å²) in [7, 11) is 1.64. The molecule has 0 radical (unpaired) electrons. The molecule has 3 rings (SSSR count). The van der Waals surface area contributed by atoms with Gasteiger partial charge in [-0.1, -0.05) is 29.4 Å². The van der Waals surface area contributed by atoms with Gasteiger partial charge in [0.25, 0.3) is 0 Å². The third-order valence-corrected chi connectivity index (χ3v) is 3.93. The number of methoxy groups -OCH3 is 1. The third-order valence-electron chi connectivity index (χ3n) is 2.88. The molecule has 0 unspecified atom stereocenters. The van der Waals surface area contributed by atoms with Crippen LogP contribution in [0.4, 0.5) is 5.69 Å². The van der Waals surface area contributed by atoms with Crippen LogP contribution in [0.2, 0.25) is 0 Å². The van der Waals surface area contributed by atoms with Crippen molar-refractivity contribution in [3.8, 4) is 16.3 Å². The molecule has 0 aliphatic heterocycles. The average Bonchev–Trinajstić information content (AvgIpc) is 2.90. The highest BCUT2D eigenvalue weighted by Gasteiger charge is 2.10. The normalized spacial score (nSPS) is 10.2. The molecule has 0 N–H and O–H groups in total. The van der Waals surface area contributed by atoms with Crippen LogP contribution in [0.15, 0.2) is 47.6 Å². The van der Waals surface area contributed by atoms with Crippen LogP contribution in [0.3, 0.4) is 0 Å². The monoisotopic (exact) mass is 282 g/mol. The SMILES string of the molecule is COc1ccc2nc(-c3ccccc3N=[N+]=[N-])sc2c1. The molecular weight excluding hydrogens is 272 g/mol. The lowest BCUT2D eigenvalue weighted by Crippen LogP contribution is -1.80. The maximum Gasteiger partial charge on any atom is 0.125 e. The summed E-state index contributed by atoms with van der Waals surface area (Å²) in [5, 5.41) is 4.54. The molecule has 0 spiro atoms. The zero-order valence-electron chi connectivity index (χ0n) is 10.6. The van der Waals surface area contributed by atoms with Crippen LogP contribution in [0.25, 0.3) is 31.2 Å². The molecule has 0 saturated heterocycles. The van der Waals surface area contributed by atoms with E-state index >= 15 is 0 Å². The number of hydrogen-bond donors (Lipinski definition) is 0.